The lowest BCUT2D eigenvalue weighted by molar-refractivity contribution is -0.120. The molecule has 8 heteroatoms. The Morgan fingerprint density at radius 3 is 2.74 bits per heavy atom. The van der Waals surface area contributed by atoms with Gasteiger partial charge >= 0.3 is 0 Å². The third kappa shape index (κ3) is 3.31. The highest BCUT2D eigenvalue weighted by atomic mass is 35.5. The minimum atomic E-state index is -0.495. The molecule has 0 unspecified atom stereocenters. The monoisotopic (exact) mass is 422 g/mol. The first kappa shape index (κ1) is 18.3. The molecule has 0 N–H and O–H groups in total. The zero-order chi connectivity index (χ0) is 19.3. The van der Waals surface area contributed by atoms with Crippen LogP contribution in [0.2, 0.25) is 10.0 Å². The Hall–Kier alpha value is -2.08. The number of hydrogen-bond donors (Lipinski definition) is 0. The molecule has 1 aliphatic heterocycles. The molecule has 2 heterocycles. The molecule has 0 saturated carbocycles. The van der Waals surface area contributed by atoms with Gasteiger partial charge in [-0.2, -0.15) is 0 Å². The average Bonchev–Trinajstić information content (AvgIpc) is 3.19. The predicted molar refractivity (Wildman–Crippen MR) is 106 cm³/mol. The maximum Gasteiger partial charge on any atom is 0.227 e. The molecule has 138 valence electrons. The first-order valence-electron chi connectivity index (χ1n) is 8.20. The van der Waals surface area contributed by atoms with Gasteiger partial charge in [0.1, 0.15) is 5.52 Å². The first-order chi connectivity index (χ1) is 12.8. The lowest BCUT2D eigenvalue weighted by atomic mass is 10.1. The summed E-state index contributed by atoms with van der Waals surface area (Å²) >= 11 is 17.8. The molecule has 27 heavy (non-hydrogen) atoms. The van der Waals surface area contributed by atoms with Crippen molar-refractivity contribution in [3.8, 4) is 11.5 Å². The minimum Gasteiger partial charge on any atom is -0.435 e. The van der Waals surface area contributed by atoms with E-state index in [1.165, 1.54) is 0 Å². The average molecular weight is 424 g/mol. The van der Waals surface area contributed by atoms with Crippen molar-refractivity contribution in [1.29, 1.82) is 0 Å². The third-order valence-electron chi connectivity index (χ3n) is 4.60. The van der Waals surface area contributed by atoms with E-state index in [1.54, 1.807) is 17.0 Å². The second-order valence-electron chi connectivity index (χ2n) is 6.47. The largest absolute Gasteiger partial charge is 0.435 e. The standard InChI is InChI=1S/C19H13Cl3N2O3/c1-9-2-3-10(4-15(9)24-8-11(18(22)26)5-16(24)25)19-23-14-7-12(20)6-13(21)17(14)27-19/h2-4,6-7,11H,5,8H2,1H3/t11-/m0/s1. The van der Waals surface area contributed by atoms with E-state index in [1.807, 2.05) is 25.1 Å². The summed E-state index contributed by atoms with van der Waals surface area (Å²) < 4.78 is 5.80. The van der Waals surface area contributed by atoms with E-state index in [9.17, 15) is 9.59 Å². The van der Waals surface area contributed by atoms with Gasteiger partial charge < -0.3 is 9.32 Å². The fourth-order valence-corrected chi connectivity index (χ4v) is 3.88. The van der Waals surface area contributed by atoms with Crippen LogP contribution >= 0.6 is 34.8 Å². The molecule has 0 aliphatic carbocycles. The highest BCUT2D eigenvalue weighted by molar-refractivity contribution is 6.64. The number of halogens is 3. The molecule has 1 aliphatic rings. The number of carbonyl (C=O) groups excluding carboxylic acids is 2. The number of benzene rings is 2. The summed E-state index contributed by atoms with van der Waals surface area (Å²) in [5, 5.41) is 0.350. The van der Waals surface area contributed by atoms with E-state index < -0.39 is 11.2 Å². The van der Waals surface area contributed by atoms with Gasteiger partial charge in [0, 0.05) is 29.2 Å². The zero-order valence-electron chi connectivity index (χ0n) is 14.1. The van der Waals surface area contributed by atoms with Gasteiger partial charge in [0.25, 0.3) is 0 Å². The summed E-state index contributed by atoms with van der Waals surface area (Å²) in [6.07, 6.45) is 0.114. The van der Waals surface area contributed by atoms with E-state index in [4.69, 9.17) is 39.2 Å². The van der Waals surface area contributed by atoms with Crippen molar-refractivity contribution in [3.63, 3.8) is 0 Å². The Morgan fingerprint density at radius 2 is 2.04 bits per heavy atom. The van der Waals surface area contributed by atoms with Crippen LogP contribution in [0, 0.1) is 12.8 Å². The third-order valence-corrected chi connectivity index (χ3v) is 5.41. The lowest BCUT2D eigenvalue weighted by Crippen LogP contribution is -2.26. The lowest BCUT2D eigenvalue weighted by Gasteiger charge is -2.19. The van der Waals surface area contributed by atoms with Crippen molar-refractivity contribution in [2.45, 2.75) is 13.3 Å². The summed E-state index contributed by atoms with van der Waals surface area (Å²) in [5.41, 5.74) is 3.28. The van der Waals surface area contributed by atoms with E-state index in [0.717, 1.165) is 5.56 Å². The van der Waals surface area contributed by atoms with E-state index in [2.05, 4.69) is 4.98 Å². The van der Waals surface area contributed by atoms with Gasteiger partial charge in [-0.15, -0.1) is 0 Å². The van der Waals surface area contributed by atoms with Crippen LogP contribution in [0.3, 0.4) is 0 Å². The molecular weight excluding hydrogens is 411 g/mol. The van der Waals surface area contributed by atoms with Gasteiger partial charge in [-0.1, -0.05) is 29.3 Å². The van der Waals surface area contributed by atoms with Crippen molar-refractivity contribution in [2.24, 2.45) is 5.92 Å². The molecule has 1 amide bonds. The van der Waals surface area contributed by atoms with Crippen LogP contribution in [-0.2, 0) is 9.59 Å². The number of rotatable bonds is 3. The Balaban J connectivity index is 1.76. The Kier molecular flexibility index (Phi) is 4.62. The number of aryl methyl sites for hydroxylation is 1. The summed E-state index contributed by atoms with van der Waals surface area (Å²) in [4.78, 5) is 29.8. The predicted octanol–water partition coefficient (Wildman–Crippen LogP) is 5.23. The molecule has 1 aromatic heterocycles. The quantitative estimate of drug-likeness (QED) is 0.541. The Bertz CT molecular complexity index is 1090. The number of amides is 1. The zero-order valence-corrected chi connectivity index (χ0v) is 16.4. The van der Waals surface area contributed by atoms with Gasteiger partial charge in [0.2, 0.25) is 17.0 Å². The van der Waals surface area contributed by atoms with Crippen molar-refractivity contribution in [1.82, 2.24) is 4.98 Å². The number of carbonyl (C=O) groups is 2. The molecule has 1 saturated heterocycles. The van der Waals surface area contributed by atoms with Crippen LogP contribution < -0.4 is 4.90 Å². The van der Waals surface area contributed by atoms with E-state index in [-0.39, 0.29) is 18.9 Å². The molecule has 1 atom stereocenters. The van der Waals surface area contributed by atoms with E-state index in [0.29, 0.717) is 38.3 Å². The normalized spacial score (nSPS) is 17.1. The molecule has 5 nitrogen and oxygen atoms in total. The van der Waals surface area contributed by atoms with Crippen LogP contribution in [0.5, 0.6) is 0 Å². The number of hydrogen-bond acceptors (Lipinski definition) is 4. The second kappa shape index (κ2) is 6.82. The van der Waals surface area contributed by atoms with Crippen LogP contribution in [0.25, 0.3) is 22.6 Å². The van der Waals surface area contributed by atoms with Gasteiger partial charge in [-0.3, -0.25) is 9.59 Å². The van der Waals surface area contributed by atoms with Crippen molar-refractivity contribution >= 4 is 62.7 Å². The van der Waals surface area contributed by atoms with Crippen LogP contribution in [-0.4, -0.2) is 22.7 Å². The van der Waals surface area contributed by atoms with Gasteiger partial charge in [-0.25, -0.2) is 4.98 Å². The molecule has 0 bridgehead atoms. The van der Waals surface area contributed by atoms with Gasteiger partial charge in [0.15, 0.2) is 5.58 Å². The number of fused-ring (bicyclic) bond motifs is 1. The minimum absolute atomic E-state index is 0.114. The van der Waals surface area contributed by atoms with Crippen molar-refractivity contribution in [2.75, 3.05) is 11.4 Å². The molecule has 0 spiro atoms. The Morgan fingerprint density at radius 1 is 1.26 bits per heavy atom. The highest BCUT2D eigenvalue weighted by Gasteiger charge is 2.35. The molecule has 4 rings (SSSR count). The van der Waals surface area contributed by atoms with Crippen molar-refractivity contribution in [3.05, 3.63) is 45.9 Å². The number of nitrogens with zero attached hydrogens (tertiary/aromatic N) is 2. The SMILES string of the molecule is Cc1ccc(-c2nc3cc(Cl)cc(Cl)c3o2)cc1N1C[C@@H](C(=O)Cl)CC1=O. The van der Waals surface area contributed by atoms with Crippen molar-refractivity contribution < 1.29 is 14.0 Å². The summed E-state index contributed by atoms with van der Waals surface area (Å²) in [6.45, 7) is 2.16. The van der Waals surface area contributed by atoms with Crippen LogP contribution in [0.15, 0.2) is 34.7 Å². The van der Waals surface area contributed by atoms with Gasteiger partial charge in [0.05, 0.1) is 10.9 Å². The highest BCUT2D eigenvalue weighted by Crippen LogP contribution is 2.35. The molecule has 3 aromatic rings. The molecule has 1 fully saturated rings. The topological polar surface area (TPSA) is 63.4 Å². The van der Waals surface area contributed by atoms with Crippen LogP contribution in [0.4, 0.5) is 5.69 Å². The summed E-state index contributed by atoms with van der Waals surface area (Å²) in [5.74, 6) is -0.263. The summed E-state index contributed by atoms with van der Waals surface area (Å²) in [7, 11) is 0. The molecule has 0 radical (unpaired) electrons. The van der Waals surface area contributed by atoms with Crippen LogP contribution in [0.1, 0.15) is 12.0 Å². The summed E-state index contributed by atoms with van der Waals surface area (Å²) in [6, 6.07) is 8.80. The maximum absolute atomic E-state index is 12.4. The fourth-order valence-electron chi connectivity index (χ4n) is 3.21. The van der Waals surface area contributed by atoms with E-state index >= 15 is 0 Å². The fraction of sp³-hybridized carbons (Fsp3) is 0.211. The smallest absolute Gasteiger partial charge is 0.227 e. The molecular formula is C19H13Cl3N2O3. The number of oxazole rings is 1. The number of aromatic nitrogens is 1. The first-order valence-corrected chi connectivity index (χ1v) is 9.33. The number of anilines is 1. The maximum atomic E-state index is 12.4. The molecule has 2 aromatic carbocycles. The second-order valence-corrected chi connectivity index (χ2v) is 7.68. The Labute approximate surface area is 169 Å². The van der Waals surface area contributed by atoms with Gasteiger partial charge in [-0.05, 0) is 48.4 Å².